The summed E-state index contributed by atoms with van der Waals surface area (Å²) in [5.74, 6) is -0.0398. The Morgan fingerprint density at radius 2 is 1.91 bits per heavy atom. The maximum Gasteiger partial charge on any atom is 0.261 e. The van der Waals surface area contributed by atoms with Crippen molar-refractivity contribution in [3.63, 3.8) is 0 Å². The zero-order valence-corrected chi connectivity index (χ0v) is 20.1. The number of carbonyl (C=O) groups excluding carboxylic acids is 2. The fourth-order valence-electron chi connectivity index (χ4n) is 3.76. The standard InChI is InChI=1S/C22H24ClN3O4S2/c1-13-7-9-26(10-8-13)22(28)20-21(27)24-18-12-16(4-6-19(18)31-20)32(29,30)25-17-5-3-15(23)11-14(17)2/h3-6,11-13,20,25H,7-10H2,1-2H3,(H,24,27)/t20-/m1/s1. The molecule has 0 radical (unpaired) electrons. The number of rotatable bonds is 4. The third kappa shape index (κ3) is 4.74. The molecule has 2 heterocycles. The highest BCUT2D eigenvalue weighted by atomic mass is 35.5. The molecule has 0 saturated carbocycles. The summed E-state index contributed by atoms with van der Waals surface area (Å²) in [5, 5.41) is 2.37. The molecule has 2 amide bonds. The van der Waals surface area contributed by atoms with Gasteiger partial charge in [-0.2, -0.15) is 0 Å². The molecule has 2 aromatic rings. The fourth-order valence-corrected chi connectivity index (χ4v) is 6.19. The maximum atomic E-state index is 12.9. The lowest BCUT2D eigenvalue weighted by Crippen LogP contribution is -2.47. The third-order valence-electron chi connectivity index (χ3n) is 5.75. The quantitative estimate of drug-likeness (QED) is 0.624. The number of nitrogens with one attached hydrogen (secondary N) is 2. The molecule has 10 heteroatoms. The van der Waals surface area contributed by atoms with Gasteiger partial charge in [0.1, 0.15) is 0 Å². The summed E-state index contributed by atoms with van der Waals surface area (Å²) in [4.78, 5) is 28.0. The number of fused-ring (bicyclic) bond motifs is 1. The van der Waals surface area contributed by atoms with Crippen LogP contribution in [0.3, 0.4) is 0 Å². The van der Waals surface area contributed by atoms with E-state index < -0.39 is 21.2 Å². The Labute approximate surface area is 196 Å². The summed E-state index contributed by atoms with van der Waals surface area (Å²) in [7, 11) is -3.88. The van der Waals surface area contributed by atoms with E-state index >= 15 is 0 Å². The van der Waals surface area contributed by atoms with Crippen molar-refractivity contribution in [3.05, 3.63) is 47.0 Å². The summed E-state index contributed by atoms with van der Waals surface area (Å²) in [6.07, 6.45) is 1.87. The molecule has 170 valence electrons. The van der Waals surface area contributed by atoms with E-state index in [1.807, 2.05) is 0 Å². The van der Waals surface area contributed by atoms with Crippen molar-refractivity contribution in [2.75, 3.05) is 23.1 Å². The lowest BCUT2D eigenvalue weighted by molar-refractivity contribution is -0.135. The zero-order valence-electron chi connectivity index (χ0n) is 17.7. The van der Waals surface area contributed by atoms with E-state index in [1.165, 1.54) is 12.1 Å². The Kier molecular flexibility index (Phi) is 6.42. The van der Waals surface area contributed by atoms with Gasteiger partial charge < -0.3 is 10.2 Å². The van der Waals surface area contributed by atoms with Crippen LogP contribution < -0.4 is 10.0 Å². The Bertz CT molecular complexity index is 1180. The van der Waals surface area contributed by atoms with Gasteiger partial charge in [-0.25, -0.2) is 8.42 Å². The number of halogens is 1. The smallest absolute Gasteiger partial charge is 0.261 e. The van der Waals surface area contributed by atoms with Gasteiger partial charge in [-0.3, -0.25) is 14.3 Å². The number of piperidine rings is 1. The van der Waals surface area contributed by atoms with Gasteiger partial charge in [-0.15, -0.1) is 11.8 Å². The second-order valence-electron chi connectivity index (χ2n) is 8.22. The molecular formula is C22H24ClN3O4S2. The predicted octanol–water partition coefficient (Wildman–Crippen LogP) is 4.12. The monoisotopic (exact) mass is 493 g/mol. The van der Waals surface area contributed by atoms with Crippen LogP contribution in [0, 0.1) is 12.8 Å². The van der Waals surface area contributed by atoms with Crippen molar-refractivity contribution in [2.45, 2.75) is 41.7 Å². The van der Waals surface area contributed by atoms with Gasteiger partial charge >= 0.3 is 0 Å². The van der Waals surface area contributed by atoms with Crippen molar-refractivity contribution in [1.29, 1.82) is 0 Å². The van der Waals surface area contributed by atoms with Crippen LogP contribution in [0.25, 0.3) is 0 Å². The number of nitrogens with zero attached hydrogens (tertiary/aromatic N) is 1. The number of aryl methyl sites for hydroxylation is 1. The molecule has 2 aliphatic heterocycles. The molecular weight excluding hydrogens is 470 g/mol. The van der Waals surface area contributed by atoms with Crippen molar-refractivity contribution in [1.82, 2.24) is 4.90 Å². The molecule has 0 spiro atoms. The minimum Gasteiger partial charge on any atom is -0.341 e. The van der Waals surface area contributed by atoms with E-state index in [4.69, 9.17) is 11.6 Å². The average Bonchev–Trinajstić information content (AvgIpc) is 2.75. The van der Waals surface area contributed by atoms with Crippen molar-refractivity contribution >= 4 is 56.6 Å². The van der Waals surface area contributed by atoms with Crippen molar-refractivity contribution < 1.29 is 18.0 Å². The van der Waals surface area contributed by atoms with Crippen LogP contribution in [-0.2, 0) is 19.6 Å². The number of likely N-dealkylation sites (tertiary alicyclic amines) is 1. The summed E-state index contributed by atoms with van der Waals surface area (Å²) >= 11 is 7.10. The molecule has 0 aromatic heterocycles. The number of hydrogen-bond acceptors (Lipinski definition) is 5. The molecule has 1 saturated heterocycles. The lowest BCUT2D eigenvalue weighted by Gasteiger charge is -2.33. The Morgan fingerprint density at radius 1 is 1.19 bits per heavy atom. The molecule has 4 rings (SSSR count). The maximum absolute atomic E-state index is 12.9. The highest BCUT2D eigenvalue weighted by Gasteiger charge is 2.37. The normalized spacial score (nSPS) is 19.3. The molecule has 1 atom stereocenters. The molecule has 2 N–H and O–H groups in total. The highest BCUT2D eigenvalue weighted by Crippen LogP contribution is 2.38. The first-order valence-electron chi connectivity index (χ1n) is 10.3. The van der Waals surface area contributed by atoms with E-state index in [0.29, 0.717) is 45.9 Å². The first kappa shape index (κ1) is 22.9. The number of thioether (sulfide) groups is 1. The van der Waals surface area contributed by atoms with Gasteiger partial charge in [0.05, 0.1) is 16.3 Å². The number of amides is 2. The second kappa shape index (κ2) is 8.96. The van der Waals surface area contributed by atoms with Gasteiger partial charge in [-0.1, -0.05) is 18.5 Å². The summed E-state index contributed by atoms with van der Waals surface area (Å²) in [6.45, 7) is 5.23. The number of carbonyl (C=O) groups is 2. The SMILES string of the molecule is Cc1cc(Cl)ccc1NS(=O)(=O)c1ccc2c(c1)NC(=O)[C@H](C(=O)N1CCC(C)CC1)S2. The Morgan fingerprint density at radius 3 is 2.59 bits per heavy atom. The Hall–Kier alpha value is -2.23. The van der Waals surface area contributed by atoms with E-state index in [1.54, 1.807) is 36.1 Å². The molecule has 2 aromatic carbocycles. The van der Waals surface area contributed by atoms with Crippen LogP contribution in [-0.4, -0.2) is 43.5 Å². The number of hydrogen-bond donors (Lipinski definition) is 2. The molecule has 0 bridgehead atoms. The third-order valence-corrected chi connectivity index (χ3v) is 8.61. The van der Waals surface area contributed by atoms with Gasteiger partial charge in [-0.05, 0) is 67.6 Å². The average molecular weight is 494 g/mol. The van der Waals surface area contributed by atoms with Crippen LogP contribution in [0.1, 0.15) is 25.3 Å². The predicted molar refractivity (Wildman–Crippen MR) is 127 cm³/mol. The lowest BCUT2D eigenvalue weighted by atomic mass is 9.99. The molecule has 1 fully saturated rings. The summed E-state index contributed by atoms with van der Waals surface area (Å²) in [6, 6.07) is 9.39. The largest absolute Gasteiger partial charge is 0.341 e. The van der Waals surface area contributed by atoms with Gasteiger partial charge in [0.25, 0.3) is 10.0 Å². The van der Waals surface area contributed by atoms with Crippen LogP contribution in [0.4, 0.5) is 11.4 Å². The van der Waals surface area contributed by atoms with Crippen LogP contribution in [0.2, 0.25) is 5.02 Å². The first-order valence-corrected chi connectivity index (χ1v) is 13.1. The number of anilines is 2. The first-order chi connectivity index (χ1) is 15.1. The number of sulfonamides is 1. The van der Waals surface area contributed by atoms with Crippen molar-refractivity contribution in [2.24, 2.45) is 5.92 Å². The second-order valence-corrected chi connectivity index (χ2v) is 11.5. The van der Waals surface area contributed by atoms with E-state index in [0.717, 1.165) is 24.6 Å². The summed E-state index contributed by atoms with van der Waals surface area (Å²) < 4.78 is 28.3. The van der Waals surface area contributed by atoms with Gasteiger partial charge in [0, 0.05) is 23.0 Å². The van der Waals surface area contributed by atoms with Crippen LogP contribution in [0.15, 0.2) is 46.2 Å². The van der Waals surface area contributed by atoms with E-state index in [-0.39, 0.29) is 10.8 Å². The molecule has 2 aliphatic rings. The number of benzene rings is 2. The van der Waals surface area contributed by atoms with E-state index in [2.05, 4.69) is 17.0 Å². The molecule has 0 aliphatic carbocycles. The van der Waals surface area contributed by atoms with Gasteiger partial charge in [0.2, 0.25) is 11.8 Å². The topological polar surface area (TPSA) is 95.6 Å². The minimum atomic E-state index is -3.88. The fraction of sp³-hybridized carbons (Fsp3) is 0.364. The molecule has 7 nitrogen and oxygen atoms in total. The van der Waals surface area contributed by atoms with Crippen molar-refractivity contribution in [3.8, 4) is 0 Å². The zero-order chi connectivity index (χ0) is 23.0. The molecule has 0 unspecified atom stereocenters. The van der Waals surface area contributed by atoms with E-state index in [9.17, 15) is 18.0 Å². The highest BCUT2D eigenvalue weighted by molar-refractivity contribution is 8.01. The Balaban J connectivity index is 1.52. The molecule has 32 heavy (non-hydrogen) atoms. The summed E-state index contributed by atoms with van der Waals surface area (Å²) in [5.41, 5.74) is 1.50. The van der Waals surface area contributed by atoms with Gasteiger partial charge in [0.15, 0.2) is 5.25 Å². The minimum absolute atomic E-state index is 0.0151. The van der Waals surface area contributed by atoms with Crippen LogP contribution in [0.5, 0.6) is 0 Å². The van der Waals surface area contributed by atoms with Crippen LogP contribution >= 0.6 is 23.4 Å².